The minimum Gasteiger partial charge on any atom is -0.398 e. The molecule has 1 amide bonds. The van der Waals surface area contributed by atoms with Crippen LogP contribution in [0, 0.1) is 0 Å². The summed E-state index contributed by atoms with van der Waals surface area (Å²) in [4.78, 5) is 14.1. The largest absolute Gasteiger partial charge is 0.398 e. The van der Waals surface area contributed by atoms with Gasteiger partial charge in [0.05, 0.1) is 0 Å². The van der Waals surface area contributed by atoms with E-state index in [4.69, 9.17) is 5.73 Å². The lowest BCUT2D eigenvalue weighted by atomic mass is 10.1. The number of carbonyl (C=O) groups is 1. The number of nitrogen functional groups attached to an aromatic ring is 1. The number of halogens is 1. The van der Waals surface area contributed by atoms with E-state index >= 15 is 0 Å². The first-order valence-corrected chi connectivity index (χ1v) is 7.36. The van der Waals surface area contributed by atoms with Gasteiger partial charge in [0.1, 0.15) is 0 Å². The molecular weight excluding hydrogens is 330 g/mol. The third-order valence-corrected chi connectivity index (χ3v) is 3.89. The lowest BCUT2D eigenvalue weighted by molar-refractivity contribution is 0.0951. The summed E-state index contributed by atoms with van der Waals surface area (Å²) in [5.74, 6) is -0.133. The maximum Gasteiger partial charge on any atom is 0.251 e. The van der Waals surface area contributed by atoms with Crippen molar-refractivity contribution in [3.63, 3.8) is 0 Å². The minimum atomic E-state index is -0.133. The fourth-order valence-corrected chi connectivity index (χ4v) is 2.13. The Kier molecular flexibility index (Phi) is 4.85. The summed E-state index contributed by atoms with van der Waals surface area (Å²) in [7, 11) is 3.99. The molecule has 0 aliphatic rings. The molecule has 0 spiro atoms. The Balaban J connectivity index is 1.98. The summed E-state index contributed by atoms with van der Waals surface area (Å²) in [6.45, 7) is 0.489. The van der Waals surface area contributed by atoms with E-state index in [9.17, 15) is 4.79 Å². The molecule has 2 rings (SSSR count). The summed E-state index contributed by atoms with van der Waals surface area (Å²) in [6.07, 6.45) is 0. The Bertz CT molecular complexity index is 638. The van der Waals surface area contributed by atoms with Gasteiger partial charge in [-0.1, -0.05) is 12.1 Å². The van der Waals surface area contributed by atoms with Crippen LogP contribution in [-0.4, -0.2) is 20.0 Å². The quantitative estimate of drug-likeness (QED) is 0.835. The molecule has 0 saturated carbocycles. The van der Waals surface area contributed by atoms with Crippen molar-refractivity contribution in [2.75, 3.05) is 24.7 Å². The number of rotatable bonds is 4. The molecule has 2 aromatic rings. The Morgan fingerprint density at radius 1 is 1.19 bits per heavy atom. The van der Waals surface area contributed by atoms with E-state index in [2.05, 4.69) is 21.2 Å². The summed E-state index contributed by atoms with van der Waals surface area (Å²) < 4.78 is 0.790. The third-order valence-electron chi connectivity index (χ3n) is 3.16. The summed E-state index contributed by atoms with van der Waals surface area (Å²) in [6, 6.07) is 13.2. The van der Waals surface area contributed by atoms with Crippen LogP contribution in [-0.2, 0) is 6.54 Å². The van der Waals surface area contributed by atoms with E-state index < -0.39 is 0 Å². The van der Waals surface area contributed by atoms with Gasteiger partial charge < -0.3 is 16.0 Å². The van der Waals surface area contributed by atoms with E-state index in [-0.39, 0.29) is 5.91 Å². The monoisotopic (exact) mass is 347 g/mol. The van der Waals surface area contributed by atoms with Gasteiger partial charge in [-0.15, -0.1) is 0 Å². The highest BCUT2D eigenvalue weighted by Gasteiger charge is 2.07. The van der Waals surface area contributed by atoms with Gasteiger partial charge in [0.25, 0.3) is 5.91 Å². The molecule has 0 bridgehead atoms. The minimum absolute atomic E-state index is 0.133. The molecule has 0 aliphatic heterocycles. The Morgan fingerprint density at radius 2 is 1.86 bits per heavy atom. The molecule has 0 fully saturated rings. The van der Waals surface area contributed by atoms with E-state index in [1.807, 2.05) is 43.3 Å². The number of hydrogen-bond acceptors (Lipinski definition) is 3. The molecule has 0 atom stereocenters. The number of nitrogens with one attached hydrogen (secondary N) is 1. The second-order valence-corrected chi connectivity index (χ2v) is 5.83. The number of carbonyl (C=O) groups excluding carboxylic acids is 1. The second-order valence-electron chi connectivity index (χ2n) is 4.98. The fraction of sp³-hybridized carbons (Fsp3) is 0.188. The molecule has 0 aliphatic carbocycles. The van der Waals surface area contributed by atoms with Crippen LogP contribution < -0.4 is 16.0 Å². The number of hydrogen-bond donors (Lipinski definition) is 2. The van der Waals surface area contributed by atoms with Gasteiger partial charge >= 0.3 is 0 Å². The first kappa shape index (κ1) is 15.4. The van der Waals surface area contributed by atoms with Crippen LogP contribution in [0.1, 0.15) is 15.9 Å². The van der Waals surface area contributed by atoms with Crippen molar-refractivity contribution >= 4 is 33.2 Å². The topological polar surface area (TPSA) is 58.4 Å². The summed E-state index contributed by atoms with van der Waals surface area (Å²) in [5, 5.41) is 2.89. The van der Waals surface area contributed by atoms with Crippen molar-refractivity contribution in [1.82, 2.24) is 5.32 Å². The maximum absolute atomic E-state index is 12.1. The zero-order valence-electron chi connectivity index (χ0n) is 12.1. The number of anilines is 2. The number of nitrogens with two attached hydrogens (primary N) is 1. The number of amides is 1. The Hall–Kier alpha value is -2.01. The summed E-state index contributed by atoms with van der Waals surface area (Å²) in [5.41, 5.74) is 9.07. The van der Waals surface area contributed by atoms with Crippen LogP contribution in [0.2, 0.25) is 0 Å². The second kappa shape index (κ2) is 6.63. The lowest BCUT2D eigenvalue weighted by Crippen LogP contribution is -2.22. The first-order valence-electron chi connectivity index (χ1n) is 6.57. The van der Waals surface area contributed by atoms with Gasteiger partial charge in [-0.05, 0) is 51.8 Å². The average Bonchev–Trinajstić information content (AvgIpc) is 2.48. The van der Waals surface area contributed by atoms with Crippen LogP contribution in [0.25, 0.3) is 0 Å². The van der Waals surface area contributed by atoms with Crippen molar-refractivity contribution in [3.05, 3.63) is 58.1 Å². The zero-order chi connectivity index (χ0) is 15.4. The maximum atomic E-state index is 12.1. The molecule has 0 aromatic heterocycles. The molecule has 0 radical (unpaired) electrons. The van der Waals surface area contributed by atoms with E-state index in [0.717, 1.165) is 15.7 Å². The molecule has 110 valence electrons. The van der Waals surface area contributed by atoms with Crippen LogP contribution >= 0.6 is 15.9 Å². The van der Waals surface area contributed by atoms with Gasteiger partial charge in [0, 0.05) is 42.1 Å². The van der Waals surface area contributed by atoms with Gasteiger partial charge in [0.2, 0.25) is 0 Å². The Morgan fingerprint density at radius 3 is 2.43 bits per heavy atom. The van der Waals surface area contributed by atoms with E-state index in [1.54, 1.807) is 18.2 Å². The van der Waals surface area contributed by atoms with Crippen molar-refractivity contribution in [2.45, 2.75) is 6.54 Å². The van der Waals surface area contributed by atoms with Gasteiger partial charge in [-0.3, -0.25) is 4.79 Å². The molecule has 5 heteroatoms. The van der Waals surface area contributed by atoms with E-state index in [1.165, 1.54) is 0 Å². The highest BCUT2D eigenvalue weighted by molar-refractivity contribution is 9.10. The predicted octanol–water partition coefficient (Wildman–Crippen LogP) is 3.03. The highest BCUT2D eigenvalue weighted by Crippen LogP contribution is 2.20. The third kappa shape index (κ3) is 3.98. The first-order chi connectivity index (χ1) is 9.97. The van der Waals surface area contributed by atoms with Crippen LogP contribution in [0.4, 0.5) is 11.4 Å². The van der Waals surface area contributed by atoms with Crippen molar-refractivity contribution in [3.8, 4) is 0 Å². The average molecular weight is 348 g/mol. The highest BCUT2D eigenvalue weighted by atomic mass is 79.9. The molecule has 0 saturated heterocycles. The number of benzene rings is 2. The molecule has 21 heavy (non-hydrogen) atoms. The lowest BCUT2D eigenvalue weighted by Gasteiger charge is -2.13. The van der Waals surface area contributed by atoms with Crippen molar-refractivity contribution in [2.24, 2.45) is 0 Å². The Labute approximate surface area is 133 Å². The van der Waals surface area contributed by atoms with Gasteiger partial charge in [0.15, 0.2) is 0 Å². The van der Waals surface area contributed by atoms with E-state index in [0.29, 0.717) is 17.8 Å². The zero-order valence-corrected chi connectivity index (χ0v) is 13.6. The standard InChI is InChI=1S/C16H18BrN3O/c1-20(2)13-6-3-11(4-7-13)10-19-16(21)12-5-8-14(17)15(18)9-12/h3-9H,10,18H2,1-2H3,(H,19,21). The SMILES string of the molecule is CN(C)c1ccc(CNC(=O)c2ccc(Br)c(N)c2)cc1. The molecule has 3 N–H and O–H groups in total. The van der Waals surface area contributed by atoms with Gasteiger partial charge in [-0.2, -0.15) is 0 Å². The van der Waals surface area contributed by atoms with Crippen LogP contribution in [0.15, 0.2) is 46.9 Å². The van der Waals surface area contributed by atoms with Crippen LogP contribution in [0.3, 0.4) is 0 Å². The molecule has 0 unspecified atom stereocenters. The summed E-state index contributed by atoms with van der Waals surface area (Å²) >= 11 is 3.31. The molecule has 0 heterocycles. The molecule has 2 aromatic carbocycles. The number of nitrogens with zero attached hydrogens (tertiary/aromatic N) is 1. The predicted molar refractivity (Wildman–Crippen MR) is 90.5 cm³/mol. The fourth-order valence-electron chi connectivity index (χ4n) is 1.88. The molecule has 4 nitrogen and oxygen atoms in total. The normalized spacial score (nSPS) is 10.2. The van der Waals surface area contributed by atoms with Crippen LogP contribution in [0.5, 0.6) is 0 Å². The van der Waals surface area contributed by atoms with Crippen molar-refractivity contribution in [1.29, 1.82) is 0 Å². The molecular formula is C16H18BrN3O. The van der Waals surface area contributed by atoms with Crippen molar-refractivity contribution < 1.29 is 4.79 Å². The smallest absolute Gasteiger partial charge is 0.251 e. The van der Waals surface area contributed by atoms with Gasteiger partial charge in [-0.25, -0.2) is 0 Å².